The van der Waals surface area contributed by atoms with Crippen LogP contribution in [0.15, 0.2) is 12.2 Å². The molecule has 5 heteroatoms. The lowest BCUT2D eigenvalue weighted by atomic mass is 10.3. The van der Waals surface area contributed by atoms with Crippen molar-refractivity contribution in [1.29, 1.82) is 0 Å². The third kappa shape index (κ3) is 11.8. The molecule has 0 aliphatic rings. The molecule has 0 aliphatic carbocycles. The lowest BCUT2D eigenvalue weighted by Gasteiger charge is -2.05. The maximum absolute atomic E-state index is 11.6. The lowest BCUT2D eigenvalue weighted by molar-refractivity contribution is -0.137. The van der Waals surface area contributed by atoms with Crippen LogP contribution in [0.3, 0.4) is 0 Å². The van der Waals surface area contributed by atoms with Crippen LogP contribution in [-0.2, 0) is 4.74 Å². The van der Waals surface area contributed by atoms with Gasteiger partial charge < -0.3 is 4.74 Å². The number of alkyl halides is 4. The van der Waals surface area contributed by atoms with Crippen LogP contribution < -0.4 is 0 Å². The van der Waals surface area contributed by atoms with Crippen molar-refractivity contribution in [3.05, 3.63) is 12.2 Å². The summed E-state index contributed by atoms with van der Waals surface area (Å²) in [6, 6.07) is 0. The van der Waals surface area contributed by atoms with Crippen LogP contribution >= 0.6 is 11.6 Å². The van der Waals surface area contributed by atoms with E-state index in [2.05, 4.69) is 0 Å². The maximum Gasteiger partial charge on any atom is 0.389 e. The Kier molecular flexibility index (Phi) is 7.09. The van der Waals surface area contributed by atoms with Crippen molar-refractivity contribution in [2.45, 2.75) is 19.0 Å². The van der Waals surface area contributed by atoms with Gasteiger partial charge in [0.15, 0.2) is 0 Å². The molecule has 0 aromatic heterocycles. The first-order valence-electron chi connectivity index (χ1n) is 3.91. The van der Waals surface area contributed by atoms with Gasteiger partial charge in [-0.1, -0.05) is 12.2 Å². The monoisotopic (exact) mass is 216 g/mol. The van der Waals surface area contributed by atoms with E-state index in [1.807, 2.05) is 0 Å². The summed E-state index contributed by atoms with van der Waals surface area (Å²) in [5.74, 6) is 0.395. The minimum Gasteiger partial charge on any atom is -0.377 e. The molecule has 0 heterocycles. The first-order chi connectivity index (χ1) is 6.06. The molecular formula is C8H12ClF3O. The van der Waals surface area contributed by atoms with Crippen LogP contribution in [-0.4, -0.2) is 25.3 Å². The van der Waals surface area contributed by atoms with Crippen LogP contribution in [0.2, 0.25) is 0 Å². The van der Waals surface area contributed by atoms with Gasteiger partial charge in [0, 0.05) is 18.9 Å². The van der Waals surface area contributed by atoms with Gasteiger partial charge in [-0.25, -0.2) is 0 Å². The summed E-state index contributed by atoms with van der Waals surface area (Å²) < 4.78 is 39.7. The van der Waals surface area contributed by atoms with Gasteiger partial charge in [0.05, 0.1) is 6.61 Å². The summed E-state index contributed by atoms with van der Waals surface area (Å²) >= 11 is 5.31. The topological polar surface area (TPSA) is 9.23 Å². The van der Waals surface area contributed by atoms with Gasteiger partial charge in [-0.05, 0) is 6.42 Å². The number of ether oxygens (including phenoxy) is 1. The van der Waals surface area contributed by atoms with Crippen LogP contribution in [0.5, 0.6) is 0 Å². The van der Waals surface area contributed by atoms with E-state index in [0.29, 0.717) is 12.5 Å². The summed E-state index contributed by atoms with van der Waals surface area (Å²) in [5, 5.41) is 0. The number of halogens is 4. The Balaban J connectivity index is 3.13. The molecule has 0 amide bonds. The number of hydrogen-bond acceptors (Lipinski definition) is 1. The van der Waals surface area contributed by atoms with Crippen molar-refractivity contribution in [2.75, 3.05) is 19.1 Å². The van der Waals surface area contributed by atoms with Crippen LogP contribution in [0, 0.1) is 0 Å². The van der Waals surface area contributed by atoms with Gasteiger partial charge in [0.2, 0.25) is 0 Å². The summed E-state index contributed by atoms with van der Waals surface area (Å²) in [6.45, 7) is 0.455. The fourth-order valence-electron chi connectivity index (χ4n) is 0.657. The average Bonchev–Trinajstić information content (AvgIpc) is 2.01. The van der Waals surface area contributed by atoms with Gasteiger partial charge in [-0.3, -0.25) is 0 Å². The first kappa shape index (κ1) is 12.8. The van der Waals surface area contributed by atoms with Gasteiger partial charge >= 0.3 is 6.18 Å². The van der Waals surface area contributed by atoms with Crippen molar-refractivity contribution in [3.8, 4) is 0 Å². The normalized spacial score (nSPS) is 12.6. The van der Waals surface area contributed by atoms with Crippen LogP contribution in [0.25, 0.3) is 0 Å². The predicted molar refractivity (Wildman–Crippen MR) is 46.0 cm³/mol. The Morgan fingerprint density at radius 1 is 1.23 bits per heavy atom. The summed E-state index contributed by atoms with van der Waals surface area (Å²) in [6.07, 6.45) is -1.48. The van der Waals surface area contributed by atoms with Gasteiger partial charge in [0.25, 0.3) is 0 Å². The standard InChI is InChI=1S/C8H12ClF3O/c9-5-1-2-6-13-7-3-4-8(10,11)12/h1-2H,3-7H2/b2-1+. The van der Waals surface area contributed by atoms with Crippen molar-refractivity contribution in [2.24, 2.45) is 0 Å². The highest BCUT2D eigenvalue weighted by molar-refractivity contribution is 6.18. The quantitative estimate of drug-likeness (QED) is 0.377. The maximum atomic E-state index is 11.6. The van der Waals surface area contributed by atoms with E-state index < -0.39 is 12.6 Å². The van der Waals surface area contributed by atoms with Crippen LogP contribution in [0.4, 0.5) is 13.2 Å². The molecule has 0 aromatic rings. The molecule has 0 bridgehead atoms. The van der Waals surface area contributed by atoms with Gasteiger partial charge in [-0.15, -0.1) is 11.6 Å². The summed E-state index contributed by atoms with van der Waals surface area (Å²) in [5.41, 5.74) is 0. The highest BCUT2D eigenvalue weighted by Crippen LogP contribution is 2.20. The van der Waals surface area contributed by atoms with Crippen molar-refractivity contribution in [3.63, 3.8) is 0 Å². The molecule has 0 fully saturated rings. The molecule has 0 saturated carbocycles. The van der Waals surface area contributed by atoms with Crippen molar-refractivity contribution in [1.82, 2.24) is 0 Å². The predicted octanol–water partition coefficient (Wildman–Crippen LogP) is 3.14. The molecular weight excluding hydrogens is 205 g/mol. The zero-order chi connectivity index (χ0) is 10.2. The Morgan fingerprint density at radius 3 is 2.46 bits per heavy atom. The molecule has 0 atom stereocenters. The zero-order valence-electron chi connectivity index (χ0n) is 7.11. The molecule has 0 N–H and O–H groups in total. The number of allylic oxidation sites excluding steroid dienone is 1. The van der Waals surface area contributed by atoms with Crippen molar-refractivity contribution >= 4 is 11.6 Å². The number of hydrogen-bond donors (Lipinski definition) is 0. The molecule has 0 rings (SSSR count). The highest BCUT2D eigenvalue weighted by atomic mass is 35.5. The zero-order valence-corrected chi connectivity index (χ0v) is 7.87. The first-order valence-corrected chi connectivity index (χ1v) is 4.45. The minimum atomic E-state index is -4.07. The largest absolute Gasteiger partial charge is 0.389 e. The number of rotatable bonds is 6. The third-order valence-electron chi connectivity index (χ3n) is 1.22. The molecule has 1 nitrogen and oxygen atoms in total. The van der Waals surface area contributed by atoms with E-state index >= 15 is 0 Å². The second-order valence-electron chi connectivity index (χ2n) is 2.42. The molecule has 0 saturated heterocycles. The summed E-state index contributed by atoms with van der Waals surface area (Å²) in [4.78, 5) is 0. The van der Waals surface area contributed by atoms with E-state index in [4.69, 9.17) is 16.3 Å². The van der Waals surface area contributed by atoms with E-state index in [0.717, 1.165) is 0 Å². The molecule has 0 radical (unpaired) electrons. The van der Waals surface area contributed by atoms with Crippen molar-refractivity contribution < 1.29 is 17.9 Å². The summed E-state index contributed by atoms with van der Waals surface area (Å²) in [7, 11) is 0. The van der Waals surface area contributed by atoms with E-state index in [1.54, 1.807) is 12.2 Å². The molecule has 0 unspecified atom stereocenters. The van der Waals surface area contributed by atoms with Crippen LogP contribution in [0.1, 0.15) is 12.8 Å². The molecule has 0 aliphatic heterocycles. The molecule has 13 heavy (non-hydrogen) atoms. The third-order valence-corrected chi connectivity index (χ3v) is 1.40. The van der Waals surface area contributed by atoms with Gasteiger partial charge in [0.1, 0.15) is 0 Å². The van der Waals surface area contributed by atoms with E-state index in [9.17, 15) is 13.2 Å². The van der Waals surface area contributed by atoms with E-state index in [1.165, 1.54) is 0 Å². The average molecular weight is 217 g/mol. The Hall–Kier alpha value is -0.220. The molecule has 0 spiro atoms. The molecule has 78 valence electrons. The lowest BCUT2D eigenvalue weighted by Crippen LogP contribution is -2.08. The van der Waals surface area contributed by atoms with Gasteiger partial charge in [-0.2, -0.15) is 13.2 Å². The SMILES string of the molecule is FC(F)(F)CCCOC/C=C/CCl. The smallest absolute Gasteiger partial charge is 0.377 e. The Labute approximate surface area is 80.5 Å². The minimum absolute atomic E-state index is 0.0121. The second-order valence-corrected chi connectivity index (χ2v) is 2.73. The Bertz CT molecular complexity index is 145. The fraction of sp³-hybridized carbons (Fsp3) is 0.750. The fourth-order valence-corrected chi connectivity index (χ4v) is 0.783. The second kappa shape index (κ2) is 7.21. The molecule has 0 aromatic carbocycles. The van der Waals surface area contributed by atoms with E-state index in [-0.39, 0.29) is 13.0 Å². The highest BCUT2D eigenvalue weighted by Gasteiger charge is 2.25. The Morgan fingerprint density at radius 2 is 1.92 bits per heavy atom.